The molecule has 3 heteroatoms. The van der Waals surface area contributed by atoms with Crippen molar-refractivity contribution < 1.29 is 4.79 Å². The molecule has 116 valence electrons. The Morgan fingerprint density at radius 1 is 1.00 bits per heavy atom. The van der Waals surface area contributed by atoms with Crippen LogP contribution in [0.15, 0.2) is 41.3 Å². The lowest BCUT2D eigenvalue weighted by Gasteiger charge is -2.10. The summed E-state index contributed by atoms with van der Waals surface area (Å²) in [5, 5.41) is 3.01. The molecule has 2 nitrogen and oxygen atoms in total. The van der Waals surface area contributed by atoms with Crippen LogP contribution in [0.1, 0.15) is 28.7 Å². The first-order valence-corrected chi connectivity index (χ1v) is 8.52. The van der Waals surface area contributed by atoms with Crippen molar-refractivity contribution in [3.63, 3.8) is 0 Å². The summed E-state index contributed by atoms with van der Waals surface area (Å²) in [6.45, 7) is 8.32. The molecule has 0 spiro atoms. The van der Waals surface area contributed by atoms with E-state index in [2.05, 4.69) is 50.4 Å². The number of carbonyl (C=O) groups is 1. The maximum atomic E-state index is 12.1. The highest BCUT2D eigenvalue weighted by Gasteiger charge is 2.06. The molecule has 0 bridgehead atoms. The fourth-order valence-corrected chi connectivity index (χ4v) is 3.11. The summed E-state index contributed by atoms with van der Waals surface area (Å²) in [4.78, 5) is 13.3. The predicted octanol–water partition coefficient (Wildman–Crippen LogP) is 5.04. The molecule has 22 heavy (non-hydrogen) atoms. The number of aryl methyl sites for hydroxylation is 3. The highest BCUT2D eigenvalue weighted by atomic mass is 32.2. The molecule has 1 N–H and O–H groups in total. The first kappa shape index (κ1) is 16.6. The minimum atomic E-state index is 0.0741. The molecule has 0 heterocycles. The van der Waals surface area contributed by atoms with Gasteiger partial charge in [-0.3, -0.25) is 4.79 Å². The van der Waals surface area contributed by atoms with Gasteiger partial charge in [-0.2, -0.15) is 0 Å². The molecule has 2 aromatic carbocycles. The van der Waals surface area contributed by atoms with Gasteiger partial charge in [-0.05, 0) is 68.1 Å². The average Bonchev–Trinajstić information content (AvgIpc) is 2.48. The van der Waals surface area contributed by atoms with Gasteiger partial charge in [0.05, 0.1) is 0 Å². The molecule has 1 amide bonds. The molecule has 0 fully saturated rings. The van der Waals surface area contributed by atoms with Gasteiger partial charge in [0.1, 0.15) is 0 Å². The number of nitrogens with one attached hydrogen (secondary N) is 1. The van der Waals surface area contributed by atoms with Crippen molar-refractivity contribution in [2.24, 2.45) is 0 Å². The van der Waals surface area contributed by atoms with Crippen LogP contribution in [0, 0.1) is 27.7 Å². The number of rotatable bonds is 5. The number of carbonyl (C=O) groups excluding carboxylic acids is 1. The Bertz CT molecular complexity index is 679. The van der Waals surface area contributed by atoms with Gasteiger partial charge in [0.15, 0.2) is 0 Å². The van der Waals surface area contributed by atoms with Crippen LogP contribution in [0.3, 0.4) is 0 Å². The van der Waals surface area contributed by atoms with Crippen molar-refractivity contribution in [2.45, 2.75) is 39.0 Å². The third-order valence-electron chi connectivity index (χ3n) is 3.95. The maximum absolute atomic E-state index is 12.1. The molecule has 0 aliphatic carbocycles. The lowest BCUT2D eigenvalue weighted by Crippen LogP contribution is -2.13. The fourth-order valence-electron chi connectivity index (χ4n) is 2.16. The number of thioether (sulfide) groups is 1. The van der Waals surface area contributed by atoms with Crippen LogP contribution in [-0.4, -0.2) is 11.7 Å². The molecule has 0 unspecified atom stereocenters. The molecule has 0 radical (unpaired) electrons. The zero-order valence-electron chi connectivity index (χ0n) is 13.7. The molecule has 0 saturated heterocycles. The van der Waals surface area contributed by atoms with Gasteiger partial charge in [-0.1, -0.05) is 18.2 Å². The molecule has 0 aliphatic heterocycles. The monoisotopic (exact) mass is 313 g/mol. The van der Waals surface area contributed by atoms with Crippen LogP contribution in [0.25, 0.3) is 0 Å². The van der Waals surface area contributed by atoms with Crippen molar-refractivity contribution in [1.29, 1.82) is 0 Å². The minimum absolute atomic E-state index is 0.0741. The number of benzene rings is 2. The zero-order chi connectivity index (χ0) is 16.1. The van der Waals surface area contributed by atoms with E-state index in [0.717, 1.165) is 17.0 Å². The third-order valence-corrected chi connectivity index (χ3v) is 4.95. The Morgan fingerprint density at radius 2 is 1.77 bits per heavy atom. The summed E-state index contributed by atoms with van der Waals surface area (Å²) in [6, 6.07) is 12.4. The van der Waals surface area contributed by atoms with Crippen molar-refractivity contribution in [3.8, 4) is 0 Å². The summed E-state index contributed by atoms with van der Waals surface area (Å²) in [5.74, 6) is 0.865. The Morgan fingerprint density at radius 3 is 2.50 bits per heavy atom. The van der Waals surface area contributed by atoms with E-state index in [0.29, 0.717) is 6.42 Å². The van der Waals surface area contributed by atoms with Crippen molar-refractivity contribution >= 4 is 23.4 Å². The van der Waals surface area contributed by atoms with Crippen LogP contribution < -0.4 is 5.32 Å². The summed E-state index contributed by atoms with van der Waals surface area (Å²) in [7, 11) is 0. The third kappa shape index (κ3) is 4.38. The minimum Gasteiger partial charge on any atom is -0.326 e. The average molecular weight is 313 g/mol. The quantitative estimate of drug-likeness (QED) is 0.783. The van der Waals surface area contributed by atoms with Gasteiger partial charge >= 0.3 is 0 Å². The van der Waals surface area contributed by atoms with Crippen LogP contribution >= 0.6 is 11.8 Å². The van der Waals surface area contributed by atoms with Gasteiger partial charge in [0.2, 0.25) is 5.91 Å². The first-order chi connectivity index (χ1) is 10.5. The van der Waals surface area contributed by atoms with E-state index < -0.39 is 0 Å². The number of anilines is 1. The molecule has 0 saturated carbocycles. The van der Waals surface area contributed by atoms with Gasteiger partial charge in [-0.15, -0.1) is 11.8 Å². The van der Waals surface area contributed by atoms with E-state index >= 15 is 0 Å². The molecule has 2 aromatic rings. The van der Waals surface area contributed by atoms with Gasteiger partial charge in [-0.25, -0.2) is 0 Å². The summed E-state index contributed by atoms with van der Waals surface area (Å²) in [5.41, 5.74) is 5.85. The van der Waals surface area contributed by atoms with E-state index in [4.69, 9.17) is 0 Å². The van der Waals surface area contributed by atoms with E-state index in [1.165, 1.54) is 21.6 Å². The van der Waals surface area contributed by atoms with E-state index in [-0.39, 0.29) is 5.91 Å². The van der Waals surface area contributed by atoms with Crippen molar-refractivity contribution in [3.05, 3.63) is 58.7 Å². The summed E-state index contributed by atoms with van der Waals surface area (Å²) >= 11 is 1.73. The largest absolute Gasteiger partial charge is 0.326 e. The maximum Gasteiger partial charge on any atom is 0.225 e. The fraction of sp³-hybridized carbons (Fsp3) is 0.316. The highest BCUT2D eigenvalue weighted by Crippen LogP contribution is 2.22. The van der Waals surface area contributed by atoms with E-state index in [1.54, 1.807) is 11.8 Å². The second-order valence-electron chi connectivity index (χ2n) is 5.64. The Balaban J connectivity index is 1.85. The lowest BCUT2D eigenvalue weighted by atomic mass is 10.1. The molecule has 0 aliphatic rings. The molecule has 0 atom stereocenters. The molecular weight excluding hydrogens is 290 g/mol. The molecular formula is C19H23NOS. The van der Waals surface area contributed by atoms with Gasteiger partial charge < -0.3 is 5.32 Å². The van der Waals surface area contributed by atoms with Crippen LogP contribution in [-0.2, 0) is 4.79 Å². The Kier molecular flexibility index (Phi) is 5.67. The Labute approximate surface area is 137 Å². The summed E-state index contributed by atoms with van der Waals surface area (Å²) in [6.07, 6.45) is 0.519. The number of hydrogen-bond acceptors (Lipinski definition) is 2. The SMILES string of the molecule is Cc1ccc(SCCC(=O)Nc2cccc(C)c2C)cc1C. The molecule has 0 aromatic heterocycles. The normalized spacial score (nSPS) is 10.5. The van der Waals surface area contributed by atoms with E-state index in [1.807, 2.05) is 19.1 Å². The van der Waals surface area contributed by atoms with Crippen molar-refractivity contribution in [1.82, 2.24) is 0 Å². The van der Waals surface area contributed by atoms with Gasteiger partial charge in [0.25, 0.3) is 0 Å². The van der Waals surface area contributed by atoms with E-state index in [9.17, 15) is 4.79 Å². The number of hydrogen-bond donors (Lipinski definition) is 1. The predicted molar refractivity (Wildman–Crippen MR) is 95.8 cm³/mol. The van der Waals surface area contributed by atoms with Crippen molar-refractivity contribution in [2.75, 3.05) is 11.1 Å². The first-order valence-electron chi connectivity index (χ1n) is 7.53. The zero-order valence-corrected chi connectivity index (χ0v) is 14.5. The Hall–Kier alpha value is -1.74. The second-order valence-corrected chi connectivity index (χ2v) is 6.81. The summed E-state index contributed by atoms with van der Waals surface area (Å²) < 4.78 is 0. The standard InChI is InChI=1S/C19H23NOS/c1-13-8-9-17(12-15(13)3)22-11-10-19(21)20-18-7-5-6-14(2)16(18)4/h5-9,12H,10-11H2,1-4H3,(H,20,21). The van der Waals surface area contributed by atoms with Gasteiger partial charge in [0, 0.05) is 22.8 Å². The highest BCUT2D eigenvalue weighted by molar-refractivity contribution is 7.99. The number of amides is 1. The smallest absolute Gasteiger partial charge is 0.225 e. The lowest BCUT2D eigenvalue weighted by molar-refractivity contribution is -0.115. The van der Waals surface area contributed by atoms with Crippen LogP contribution in [0.5, 0.6) is 0 Å². The topological polar surface area (TPSA) is 29.1 Å². The van der Waals surface area contributed by atoms with Crippen LogP contribution in [0.2, 0.25) is 0 Å². The van der Waals surface area contributed by atoms with Crippen LogP contribution in [0.4, 0.5) is 5.69 Å². The second kappa shape index (κ2) is 7.50. The molecule has 2 rings (SSSR count).